The van der Waals surface area contributed by atoms with Crippen molar-refractivity contribution in [3.05, 3.63) is 23.3 Å². The second kappa shape index (κ2) is 5.36. The van der Waals surface area contributed by atoms with Gasteiger partial charge in [0.15, 0.2) is 0 Å². The molecule has 0 heterocycles. The van der Waals surface area contributed by atoms with E-state index >= 15 is 0 Å². The van der Waals surface area contributed by atoms with E-state index in [-0.39, 0.29) is 0 Å². The standard InChI is InChI=1S/C18H24O3/c1-10-5-14(21-9-19)8-17(20-4)18(10)16-7-13-6-15(16)12(3)11(13)2/h5,8-9,11-13,15-16H,6-7H2,1-4H3. The lowest BCUT2D eigenvalue weighted by Crippen LogP contribution is -2.24. The molecule has 0 aromatic heterocycles. The maximum absolute atomic E-state index is 10.5. The fourth-order valence-electron chi connectivity index (χ4n) is 4.77. The Morgan fingerprint density at radius 1 is 1.19 bits per heavy atom. The van der Waals surface area contributed by atoms with Gasteiger partial charge >= 0.3 is 0 Å². The summed E-state index contributed by atoms with van der Waals surface area (Å²) >= 11 is 0. The van der Waals surface area contributed by atoms with E-state index in [0.29, 0.717) is 18.1 Å². The van der Waals surface area contributed by atoms with E-state index in [1.807, 2.05) is 12.1 Å². The van der Waals surface area contributed by atoms with Gasteiger partial charge in [-0.05, 0) is 61.0 Å². The molecule has 5 atom stereocenters. The SMILES string of the molecule is COc1cc(OC=O)cc(C)c1C1CC2CC1C(C)C2C. The zero-order chi connectivity index (χ0) is 15.1. The molecule has 2 fully saturated rings. The summed E-state index contributed by atoms with van der Waals surface area (Å²) in [4.78, 5) is 10.5. The minimum absolute atomic E-state index is 0.467. The normalized spacial score (nSPS) is 34.0. The van der Waals surface area contributed by atoms with Gasteiger partial charge in [0.25, 0.3) is 6.47 Å². The van der Waals surface area contributed by atoms with Crippen LogP contribution < -0.4 is 9.47 Å². The van der Waals surface area contributed by atoms with Gasteiger partial charge in [-0.3, -0.25) is 4.79 Å². The Hall–Kier alpha value is -1.51. The summed E-state index contributed by atoms with van der Waals surface area (Å²) < 4.78 is 10.6. The van der Waals surface area contributed by atoms with Crippen molar-refractivity contribution >= 4 is 6.47 Å². The predicted octanol–water partition coefficient (Wildman–Crippen LogP) is 3.93. The van der Waals surface area contributed by atoms with Crippen LogP contribution in [0.5, 0.6) is 11.5 Å². The number of ether oxygens (including phenoxy) is 2. The summed E-state index contributed by atoms with van der Waals surface area (Å²) in [5.74, 6) is 5.25. The van der Waals surface area contributed by atoms with E-state index in [1.165, 1.54) is 24.0 Å². The summed E-state index contributed by atoms with van der Waals surface area (Å²) in [5, 5.41) is 0. The van der Waals surface area contributed by atoms with E-state index in [9.17, 15) is 4.79 Å². The van der Waals surface area contributed by atoms with E-state index < -0.39 is 0 Å². The van der Waals surface area contributed by atoms with E-state index in [4.69, 9.17) is 9.47 Å². The molecular formula is C18H24O3. The van der Waals surface area contributed by atoms with Gasteiger partial charge in [0, 0.05) is 11.6 Å². The van der Waals surface area contributed by atoms with Gasteiger partial charge in [0.2, 0.25) is 0 Å². The highest BCUT2D eigenvalue weighted by Gasteiger charge is 2.49. The van der Waals surface area contributed by atoms with Gasteiger partial charge in [-0.25, -0.2) is 0 Å². The van der Waals surface area contributed by atoms with Gasteiger partial charge < -0.3 is 9.47 Å². The van der Waals surface area contributed by atoms with Gasteiger partial charge in [-0.2, -0.15) is 0 Å². The first-order chi connectivity index (χ1) is 10.1. The molecule has 0 spiro atoms. The maximum atomic E-state index is 10.5. The minimum atomic E-state index is 0.467. The molecule has 1 aromatic carbocycles. The molecule has 1 aromatic rings. The highest BCUT2D eigenvalue weighted by atomic mass is 16.5. The Kier molecular flexibility index (Phi) is 3.68. The molecule has 0 radical (unpaired) electrons. The van der Waals surface area contributed by atoms with Crippen molar-refractivity contribution in [3.63, 3.8) is 0 Å². The van der Waals surface area contributed by atoms with Crippen molar-refractivity contribution in [1.82, 2.24) is 0 Å². The maximum Gasteiger partial charge on any atom is 0.298 e. The molecule has 2 saturated carbocycles. The highest BCUT2D eigenvalue weighted by Crippen LogP contribution is 2.60. The molecule has 21 heavy (non-hydrogen) atoms. The highest BCUT2D eigenvalue weighted by molar-refractivity contribution is 5.53. The zero-order valence-corrected chi connectivity index (χ0v) is 13.3. The first kappa shape index (κ1) is 14.4. The Bertz CT molecular complexity index is 550. The van der Waals surface area contributed by atoms with Crippen molar-refractivity contribution in [2.45, 2.75) is 39.5 Å². The van der Waals surface area contributed by atoms with E-state index in [0.717, 1.165) is 29.4 Å². The average Bonchev–Trinajstić information content (AvgIpc) is 2.99. The van der Waals surface area contributed by atoms with Crippen molar-refractivity contribution in [1.29, 1.82) is 0 Å². The van der Waals surface area contributed by atoms with E-state index in [1.54, 1.807) is 7.11 Å². The molecule has 2 aliphatic carbocycles. The molecule has 114 valence electrons. The largest absolute Gasteiger partial charge is 0.496 e. The third-order valence-electron chi connectivity index (χ3n) is 5.99. The lowest BCUT2D eigenvalue weighted by Gasteiger charge is -2.33. The monoisotopic (exact) mass is 288 g/mol. The van der Waals surface area contributed by atoms with Crippen LogP contribution in [0.4, 0.5) is 0 Å². The van der Waals surface area contributed by atoms with Crippen LogP contribution >= 0.6 is 0 Å². The van der Waals surface area contributed by atoms with Crippen molar-refractivity contribution < 1.29 is 14.3 Å². The van der Waals surface area contributed by atoms with Crippen LogP contribution in [0.2, 0.25) is 0 Å². The minimum Gasteiger partial charge on any atom is -0.496 e. The fourth-order valence-corrected chi connectivity index (χ4v) is 4.77. The van der Waals surface area contributed by atoms with Crippen molar-refractivity contribution in [3.8, 4) is 11.5 Å². The van der Waals surface area contributed by atoms with Crippen LogP contribution in [-0.2, 0) is 4.79 Å². The van der Waals surface area contributed by atoms with Crippen molar-refractivity contribution in [2.24, 2.45) is 23.7 Å². The molecule has 5 unspecified atom stereocenters. The molecule has 0 amide bonds. The number of rotatable bonds is 4. The summed E-state index contributed by atoms with van der Waals surface area (Å²) in [6.07, 6.45) is 2.61. The third-order valence-corrected chi connectivity index (χ3v) is 5.99. The molecular weight excluding hydrogens is 264 g/mol. The predicted molar refractivity (Wildman–Crippen MR) is 81.7 cm³/mol. The first-order valence-electron chi connectivity index (χ1n) is 7.85. The number of benzene rings is 1. The van der Waals surface area contributed by atoms with E-state index in [2.05, 4.69) is 20.8 Å². The Balaban J connectivity index is 1.98. The van der Waals surface area contributed by atoms with Gasteiger partial charge in [-0.15, -0.1) is 0 Å². The number of methoxy groups -OCH3 is 1. The van der Waals surface area contributed by atoms with Crippen molar-refractivity contribution in [2.75, 3.05) is 7.11 Å². The van der Waals surface area contributed by atoms with Gasteiger partial charge in [0.1, 0.15) is 11.5 Å². The molecule has 3 nitrogen and oxygen atoms in total. The Morgan fingerprint density at radius 2 is 1.95 bits per heavy atom. The molecule has 0 saturated heterocycles. The smallest absolute Gasteiger partial charge is 0.298 e. The quantitative estimate of drug-likeness (QED) is 0.787. The van der Waals surface area contributed by atoms with Gasteiger partial charge in [-0.1, -0.05) is 13.8 Å². The van der Waals surface area contributed by atoms with Crippen LogP contribution in [0.1, 0.15) is 43.7 Å². The average molecular weight is 288 g/mol. The number of carbonyl (C=O) groups is 1. The molecule has 2 bridgehead atoms. The second-order valence-electron chi connectivity index (χ2n) is 6.79. The second-order valence-corrected chi connectivity index (χ2v) is 6.79. The van der Waals surface area contributed by atoms with Gasteiger partial charge in [0.05, 0.1) is 7.11 Å². The summed E-state index contributed by atoms with van der Waals surface area (Å²) in [6.45, 7) is 7.36. The molecule has 2 aliphatic rings. The third kappa shape index (κ3) is 2.23. The van der Waals surface area contributed by atoms with Crippen LogP contribution in [-0.4, -0.2) is 13.6 Å². The number of hydrogen-bond acceptors (Lipinski definition) is 3. The summed E-state index contributed by atoms with van der Waals surface area (Å²) in [5.41, 5.74) is 2.49. The summed E-state index contributed by atoms with van der Waals surface area (Å²) in [7, 11) is 1.70. The fraction of sp³-hybridized carbons (Fsp3) is 0.611. The lowest BCUT2D eigenvalue weighted by molar-refractivity contribution is -0.120. The summed E-state index contributed by atoms with van der Waals surface area (Å²) in [6, 6.07) is 3.79. The Labute approximate surface area is 126 Å². The lowest BCUT2D eigenvalue weighted by atomic mass is 9.72. The molecule has 0 aliphatic heterocycles. The number of carbonyl (C=O) groups excluding carboxylic acids is 1. The Morgan fingerprint density at radius 3 is 2.52 bits per heavy atom. The van der Waals surface area contributed by atoms with Crippen LogP contribution in [0.3, 0.4) is 0 Å². The van der Waals surface area contributed by atoms with Crippen LogP contribution in [0, 0.1) is 30.6 Å². The van der Waals surface area contributed by atoms with Crippen LogP contribution in [0.15, 0.2) is 12.1 Å². The first-order valence-corrected chi connectivity index (χ1v) is 7.85. The number of fused-ring (bicyclic) bond motifs is 2. The topological polar surface area (TPSA) is 35.5 Å². The molecule has 0 N–H and O–H groups in total. The van der Waals surface area contributed by atoms with Crippen LogP contribution in [0.25, 0.3) is 0 Å². The number of aryl methyl sites for hydroxylation is 1. The molecule has 3 rings (SSSR count). The molecule has 3 heteroatoms. The number of hydrogen-bond donors (Lipinski definition) is 0. The zero-order valence-electron chi connectivity index (χ0n) is 13.3.